The van der Waals surface area contributed by atoms with Gasteiger partial charge < -0.3 is 10.6 Å². The molecule has 0 spiro atoms. The van der Waals surface area contributed by atoms with Crippen LogP contribution in [-0.2, 0) is 6.42 Å². The molecule has 1 aromatic carbocycles. The number of aryl methyl sites for hydroxylation is 1. The quantitative estimate of drug-likeness (QED) is 0.834. The second kappa shape index (κ2) is 6.13. The maximum atomic E-state index is 5.48. The minimum Gasteiger partial charge on any atom is -0.377 e. The van der Waals surface area contributed by atoms with Gasteiger partial charge in [-0.15, -0.1) is 0 Å². The Hall–Kier alpha value is -0.540. The third-order valence-electron chi connectivity index (χ3n) is 2.41. The van der Waals surface area contributed by atoms with Crippen LogP contribution in [0, 0.1) is 0 Å². The molecular weight excluding hydrogens is 252 g/mol. The molecule has 0 aliphatic rings. The SMILES string of the molecule is CN(C)c1cc(CCCCN)ccc1Br. The minimum atomic E-state index is 0.789. The van der Waals surface area contributed by atoms with Crippen molar-refractivity contribution in [1.82, 2.24) is 0 Å². The molecule has 15 heavy (non-hydrogen) atoms. The van der Waals surface area contributed by atoms with E-state index in [2.05, 4.69) is 53.1 Å². The van der Waals surface area contributed by atoms with Crippen molar-refractivity contribution in [3.05, 3.63) is 28.2 Å². The smallest absolute Gasteiger partial charge is 0.0508 e. The van der Waals surface area contributed by atoms with Crippen LogP contribution in [0.15, 0.2) is 22.7 Å². The van der Waals surface area contributed by atoms with Gasteiger partial charge in [-0.05, 0) is 59.4 Å². The van der Waals surface area contributed by atoms with Crippen LogP contribution in [-0.4, -0.2) is 20.6 Å². The zero-order valence-electron chi connectivity index (χ0n) is 9.46. The Labute approximate surface area is 101 Å². The van der Waals surface area contributed by atoms with Crippen molar-refractivity contribution in [2.45, 2.75) is 19.3 Å². The number of anilines is 1. The van der Waals surface area contributed by atoms with Crippen LogP contribution in [0.4, 0.5) is 5.69 Å². The molecule has 0 saturated carbocycles. The highest BCUT2D eigenvalue weighted by atomic mass is 79.9. The molecule has 0 aliphatic carbocycles. The number of hydrogen-bond acceptors (Lipinski definition) is 2. The molecule has 0 unspecified atom stereocenters. The summed E-state index contributed by atoms with van der Waals surface area (Å²) in [5, 5.41) is 0. The molecule has 0 aromatic heterocycles. The first-order valence-corrected chi connectivity index (χ1v) is 6.10. The van der Waals surface area contributed by atoms with Gasteiger partial charge in [-0.25, -0.2) is 0 Å². The monoisotopic (exact) mass is 270 g/mol. The maximum Gasteiger partial charge on any atom is 0.0508 e. The first-order valence-electron chi connectivity index (χ1n) is 5.31. The molecule has 0 amide bonds. The predicted octanol–water partition coefficient (Wildman–Crippen LogP) is 2.80. The summed E-state index contributed by atoms with van der Waals surface area (Å²) in [7, 11) is 4.12. The van der Waals surface area contributed by atoms with Crippen LogP contribution in [0.5, 0.6) is 0 Å². The van der Waals surface area contributed by atoms with E-state index in [4.69, 9.17) is 5.73 Å². The first kappa shape index (κ1) is 12.5. The van der Waals surface area contributed by atoms with Gasteiger partial charge in [0, 0.05) is 18.6 Å². The van der Waals surface area contributed by atoms with E-state index >= 15 is 0 Å². The van der Waals surface area contributed by atoms with E-state index in [0.29, 0.717) is 0 Å². The van der Waals surface area contributed by atoms with Gasteiger partial charge in [0.2, 0.25) is 0 Å². The molecule has 0 heterocycles. The maximum absolute atomic E-state index is 5.48. The number of benzene rings is 1. The van der Waals surface area contributed by atoms with Crippen molar-refractivity contribution in [2.75, 3.05) is 25.5 Å². The molecule has 0 saturated heterocycles. The number of halogens is 1. The largest absolute Gasteiger partial charge is 0.377 e. The van der Waals surface area contributed by atoms with Gasteiger partial charge in [0.1, 0.15) is 0 Å². The van der Waals surface area contributed by atoms with Crippen LogP contribution >= 0.6 is 15.9 Å². The summed E-state index contributed by atoms with van der Waals surface area (Å²) in [4.78, 5) is 2.12. The molecule has 3 heteroatoms. The topological polar surface area (TPSA) is 29.3 Å². The van der Waals surface area contributed by atoms with Crippen molar-refractivity contribution in [2.24, 2.45) is 5.73 Å². The normalized spacial score (nSPS) is 10.4. The second-order valence-corrected chi connectivity index (χ2v) is 4.78. The van der Waals surface area contributed by atoms with Gasteiger partial charge in [0.05, 0.1) is 5.69 Å². The number of hydrogen-bond donors (Lipinski definition) is 1. The lowest BCUT2D eigenvalue weighted by atomic mass is 10.1. The van der Waals surface area contributed by atoms with Crippen LogP contribution < -0.4 is 10.6 Å². The van der Waals surface area contributed by atoms with Gasteiger partial charge in [0.25, 0.3) is 0 Å². The van der Waals surface area contributed by atoms with Crippen molar-refractivity contribution < 1.29 is 0 Å². The van der Waals surface area contributed by atoms with Crippen LogP contribution in [0.3, 0.4) is 0 Å². The molecule has 1 rings (SSSR count). The van der Waals surface area contributed by atoms with E-state index in [-0.39, 0.29) is 0 Å². The summed E-state index contributed by atoms with van der Waals surface area (Å²) >= 11 is 3.55. The Balaban J connectivity index is 2.70. The van der Waals surface area contributed by atoms with E-state index < -0.39 is 0 Å². The molecule has 2 N–H and O–H groups in total. The molecule has 2 nitrogen and oxygen atoms in total. The molecule has 84 valence electrons. The molecule has 1 aromatic rings. The lowest BCUT2D eigenvalue weighted by molar-refractivity contribution is 0.744. The number of unbranched alkanes of at least 4 members (excludes halogenated alkanes) is 1. The standard InChI is InChI=1S/C12H19BrN2/c1-15(2)12-9-10(5-3-4-8-14)6-7-11(12)13/h6-7,9H,3-5,8,14H2,1-2H3. The second-order valence-electron chi connectivity index (χ2n) is 3.93. The van der Waals surface area contributed by atoms with Crippen molar-refractivity contribution in [3.63, 3.8) is 0 Å². The van der Waals surface area contributed by atoms with Gasteiger partial charge in [-0.3, -0.25) is 0 Å². The van der Waals surface area contributed by atoms with Crippen LogP contribution in [0.2, 0.25) is 0 Å². The zero-order valence-corrected chi connectivity index (χ0v) is 11.0. The Morgan fingerprint density at radius 2 is 2.00 bits per heavy atom. The van der Waals surface area contributed by atoms with Gasteiger partial charge in [-0.1, -0.05) is 6.07 Å². The summed E-state index contributed by atoms with van der Waals surface area (Å²) < 4.78 is 1.15. The number of rotatable bonds is 5. The van der Waals surface area contributed by atoms with E-state index in [0.717, 1.165) is 23.9 Å². The van der Waals surface area contributed by atoms with E-state index in [9.17, 15) is 0 Å². The Morgan fingerprint density at radius 1 is 1.27 bits per heavy atom. The molecular formula is C12H19BrN2. The molecule has 0 bridgehead atoms. The summed E-state index contributed by atoms with van der Waals surface area (Å²) in [6.07, 6.45) is 3.39. The number of nitrogens with two attached hydrogens (primary N) is 1. The lowest BCUT2D eigenvalue weighted by Gasteiger charge is -2.15. The van der Waals surface area contributed by atoms with Gasteiger partial charge in [0.15, 0.2) is 0 Å². The summed E-state index contributed by atoms with van der Waals surface area (Å²) in [5.74, 6) is 0. The summed E-state index contributed by atoms with van der Waals surface area (Å²) in [6.45, 7) is 0.789. The van der Waals surface area contributed by atoms with Gasteiger partial charge >= 0.3 is 0 Å². The highest BCUT2D eigenvalue weighted by molar-refractivity contribution is 9.10. The highest BCUT2D eigenvalue weighted by Crippen LogP contribution is 2.26. The molecule has 0 atom stereocenters. The minimum absolute atomic E-state index is 0.789. The molecule has 0 aliphatic heterocycles. The third kappa shape index (κ3) is 3.84. The van der Waals surface area contributed by atoms with Gasteiger partial charge in [-0.2, -0.15) is 0 Å². The first-order chi connectivity index (χ1) is 7.15. The van der Waals surface area contributed by atoms with Crippen molar-refractivity contribution >= 4 is 21.6 Å². The fourth-order valence-corrected chi connectivity index (χ4v) is 2.13. The van der Waals surface area contributed by atoms with E-state index in [1.807, 2.05) is 0 Å². The van der Waals surface area contributed by atoms with Crippen molar-refractivity contribution in [3.8, 4) is 0 Å². The van der Waals surface area contributed by atoms with E-state index in [1.54, 1.807) is 0 Å². The summed E-state index contributed by atoms with van der Waals surface area (Å²) in [6, 6.07) is 6.53. The zero-order chi connectivity index (χ0) is 11.3. The average Bonchev–Trinajstić information content (AvgIpc) is 2.20. The average molecular weight is 271 g/mol. The molecule has 0 fully saturated rings. The Kier molecular flexibility index (Phi) is 5.12. The lowest BCUT2D eigenvalue weighted by Crippen LogP contribution is -2.09. The molecule has 0 radical (unpaired) electrons. The van der Waals surface area contributed by atoms with Crippen LogP contribution in [0.25, 0.3) is 0 Å². The van der Waals surface area contributed by atoms with E-state index in [1.165, 1.54) is 17.7 Å². The van der Waals surface area contributed by atoms with Crippen LogP contribution in [0.1, 0.15) is 18.4 Å². The third-order valence-corrected chi connectivity index (χ3v) is 3.08. The fourth-order valence-electron chi connectivity index (χ4n) is 1.53. The Morgan fingerprint density at radius 3 is 2.60 bits per heavy atom. The number of nitrogens with zero attached hydrogens (tertiary/aromatic N) is 1. The highest BCUT2D eigenvalue weighted by Gasteiger charge is 2.03. The summed E-state index contributed by atoms with van der Waals surface area (Å²) in [5.41, 5.74) is 8.10. The van der Waals surface area contributed by atoms with Crippen molar-refractivity contribution in [1.29, 1.82) is 0 Å². The fraction of sp³-hybridized carbons (Fsp3) is 0.500. The Bertz CT molecular complexity index is 310. The predicted molar refractivity (Wildman–Crippen MR) is 70.5 cm³/mol.